The largest absolute Gasteiger partial charge is 0.484 e. The number of para-hydroxylation sites is 1. The lowest BCUT2D eigenvalue weighted by atomic mass is 9.77. The zero-order chi connectivity index (χ0) is 19.4. The van der Waals surface area contributed by atoms with Crippen molar-refractivity contribution in [2.75, 3.05) is 45.9 Å². The first-order chi connectivity index (χ1) is 13.7. The molecule has 0 radical (unpaired) electrons. The van der Waals surface area contributed by atoms with Crippen LogP contribution in [-0.4, -0.2) is 67.5 Å². The number of rotatable bonds is 4. The number of benzene rings is 1. The standard InChI is InChI=1S/C22H31N3O3/c26-20(16-28-19-6-2-1-3-7-19)25-12-4-5-18(15-25)21(27)24-13-9-22(10-14-24)8-11-23-17-22/h1-3,6-7,18,23H,4-5,8-17H2. The van der Waals surface area contributed by atoms with Gasteiger partial charge in [0.1, 0.15) is 5.75 Å². The Labute approximate surface area is 167 Å². The maximum Gasteiger partial charge on any atom is 0.260 e. The molecule has 0 saturated carbocycles. The summed E-state index contributed by atoms with van der Waals surface area (Å²) in [7, 11) is 0. The Bertz CT molecular complexity index is 678. The second-order valence-electron chi connectivity index (χ2n) is 8.53. The lowest BCUT2D eigenvalue weighted by Gasteiger charge is -2.41. The summed E-state index contributed by atoms with van der Waals surface area (Å²) in [5.41, 5.74) is 0.417. The van der Waals surface area contributed by atoms with Gasteiger partial charge in [0, 0.05) is 32.7 Å². The second kappa shape index (κ2) is 8.52. The number of carbonyl (C=O) groups is 2. The van der Waals surface area contributed by atoms with Crippen LogP contribution in [0.2, 0.25) is 0 Å². The number of piperidine rings is 2. The third kappa shape index (κ3) is 4.32. The molecule has 6 nitrogen and oxygen atoms in total. The zero-order valence-corrected chi connectivity index (χ0v) is 16.6. The number of ether oxygens (including phenoxy) is 1. The Balaban J connectivity index is 1.27. The molecule has 4 rings (SSSR count). The van der Waals surface area contributed by atoms with Gasteiger partial charge in [-0.1, -0.05) is 18.2 Å². The maximum atomic E-state index is 13.0. The maximum absolute atomic E-state index is 13.0. The van der Waals surface area contributed by atoms with Crippen LogP contribution in [0.5, 0.6) is 5.75 Å². The van der Waals surface area contributed by atoms with Gasteiger partial charge in [-0.25, -0.2) is 0 Å². The average molecular weight is 386 g/mol. The summed E-state index contributed by atoms with van der Waals surface area (Å²) in [5.74, 6) is 0.840. The highest BCUT2D eigenvalue weighted by molar-refractivity contribution is 5.82. The van der Waals surface area contributed by atoms with E-state index in [0.717, 1.165) is 58.4 Å². The Morgan fingerprint density at radius 2 is 1.86 bits per heavy atom. The summed E-state index contributed by atoms with van der Waals surface area (Å²) in [6, 6.07) is 9.39. The molecule has 28 heavy (non-hydrogen) atoms. The average Bonchev–Trinajstić information content (AvgIpc) is 3.21. The fourth-order valence-corrected chi connectivity index (χ4v) is 4.84. The van der Waals surface area contributed by atoms with Crippen LogP contribution in [0, 0.1) is 11.3 Å². The summed E-state index contributed by atoms with van der Waals surface area (Å²) in [6.07, 6.45) is 5.21. The minimum Gasteiger partial charge on any atom is -0.484 e. The van der Waals surface area contributed by atoms with E-state index in [4.69, 9.17) is 4.74 Å². The van der Waals surface area contributed by atoms with E-state index < -0.39 is 0 Å². The summed E-state index contributed by atoms with van der Waals surface area (Å²) in [6.45, 7) is 5.21. The van der Waals surface area contributed by atoms with Crippen molar-refractivity contribution < 1.29 is 14.3 Å². The number of nitrogens with one attached hydrogen (secondary N) is 1. The molecule has 1 aromatic rings. The van der Waals surface area contributed by atoms with Crippen LogP contribution in [0.3, 0.4) is 0 Å². The van der Waals surface area contributed by atoms with E-state index in [1.807, 2.05) is 35.2 Å². The summed E-state index contributed by atoms with van der Waals surface area (Å²) in [4.78, 5) is 29.5. The van der Waals surface area contributed by atoms with E-state index in [0.29, 0.717) is 17.7 Å². The van der Waals surface area contributed by atoms with Crippen molar-refractivity contribution >= 4 is 11.8 Å². The third-order valence-electron chi connectivity index (χ3n) is 6.70. The van der Waals surface area contributed by atoms with Crippen LogP contribution in [0.25, 0.3) is 0 Å². The van der Waals surface area contributed by atoms with Crippen LogP contribution in [0.4, 0.5) is 0 Å². The number of hydrogen-bond donors (Lipinski definition) is 1. The van der Waals surface area contributed by atoms with Gasteiger partial charge in [-0.15, -0.1) is 0 Å². The van der Waals surface area contributed by atoms with Crippen molar-refractivity contribution in [1.29, 1.82) is 0 Å². The lowest BCUT2D eigenvalue weighted by molar-refractivity contribution is -0.143. The molecule has 3 saturated heterocycles. The van der Waals surface area contributed by atoms with Crippen LogP contribution >= 0.6 is 0 Å². The Hall–Kier alpha value is -2.08. The Morgan fingerprint density at radius 3 is 2.57 bits per heavy atom. The van der Waals surface area contributed by atoms with Gasteiger partial charge in [0.15, 0.2) is 6.61 Å². The molecule has 6 heteroatoms. The highest BCUT2D eigenvalue weighted by atomic mass is 16.5. The van der Waals surface area contributed by atoms with E-state index in [1.165, 1.54) is 6.42 Å². The molecule has 3 fully saturated rings. The van der Waals surface area contributed by atoms with Crippen LogP contribution in [-0.2, 0) is 9.59 Å². The van der Waals surface area contributed by atoms with Crippen LogP contribution < -0.4 is 10.1 Å². The monoisotopic (exact) mass is 385 g/mol. The summed E-state index contributed by atoms with van der Waals surface area (Å²) < 4.78 is 5.59. The normalized spacial score (nSPS) is 24.4. The molecule has 0 aromatic heterocycles. The fourth-order valence-electron chi connectivity index (χ4n) is 4.84. The van der Waals surface area contributed by atoms with Gasteiger partial charge >= 0.3 is 0 Å². The molecule has 1 unspecified atom stereocenters. The molecule has 1 spiro atoms. The molecule has 1 atom stereocenters. The number of hydrogen-bond acceptors (Lipinski definition) is 4. The van der Waals surface area contributed by atoms with Gasteiger partial charge in [-0.05, 0) is 56.2 Å². The minimum atomic E-state index is -0.0646. The molecule has 1 aromatic carbocycles. The van der Waals surface area contributed by atoms with E-state index in [-0.39, 0.29) is 24.3 Å². The second-order valence-corrected chi connectivity index (χ2v) is 8.53. The predicted octanol–water partition coefficient (Wildman–Crippen LogP) is 1.91. The Morgan fingerprint density at radius 1 is 1.07 bits per heavy atom. The van der Waals surface area contributed by atoms with Crippen molar-refractivity contribution in [1.82, 2.24) is 15.1 Å². The molecule has 0 aliphatic carbocycles. The van der Waals surface area contributed by atoms with Crippen molar-refractivity contribution in [2.45, 2.75) is 32.1 Å². The molecular weight excluding hydrogens is 354 g/mol. The molecule has 3 aliphatic rings. The number of nitrogens with zero attached hydrogens (tertiary/aromatic N) is 2. The van der Waals surface area contributed by atoms with Crippen molar-refractivity contribution in [3.63, 3.8) is 0 Å². The predicted molar refractivity (Wildman–Crippen MR) is 107 cm³/mol. The molecule has 2 amide bonds. The highest BCUT2D eigenvalue weighted by Crippen LogP contribution is 2.37. The van der Waals surface area contributed by atoms with Gasteiger partial charge in [-0.3, -0.25) is 9.59 Å². The van der Waals surface area contributed by atoms with Crippen LogP contribution in [0.1, 0.15) is 32.1 Å². The van der Waals surface area contributed by atoms with Crippen molar-refractivity contribution in [3.05, 3.63) is 30.3 Å². The molecule has 0 bridgehead atoms. The lowest BCUT2D eigenvalue weighted by Crippen LogP contribution is -2.50. The van der Waals surface area contributed by atoms with Crippen LogP contribution in [0.15, 0.2) is 30.3 Å². The zero-order valence-electron chi connectivity index (χ0n) is 16.6. The van der Waals surface area contributed by atoms with E-state index in [9.17, 15) is 9.59 Å². The van der Waals surface area contributed by atoms with E-state index >= 15 is 0 Å². The molecule has 1 N–H and O–H groups in total. The van der Waals surface area contributed by atoms with E-state index in [1.54, 1.807) is 4.90 Å². The molecule has 3 heterocycles. The first kappa shape index (κ1) is 19.2. The fraction of sp³-hybridized carbons (Fsp3) is 0.636. The summed E-state index contributed by atoms with van der Waals surface area (Å²) >= 11 is 0. The first-order valence-electron chi connectivity index (χ1n) is 10.6. The smallest absolute Gasteiger partial charge is 0.260 e. The van der Waals surface area contributed by atoms with Crippen molar-refractivity contribution in [3.8, 4) is 5.75 Å². The first-order valence-corrected chi connectivity index (χ1v) is 10.6. The van der Waals surface area contributed by atoms with Gasteiger partial charge in [-0.2, -0.15) is 0 Å². The molecule has 3 aliphatic heterocycles. The molecular formula is C22H31N3O3. The van der Waals surface area contributed by atoms with Gasteiger partial charge in [0.25, 0.3) is 5.91 Å². The molecule has 152 valence electrons. The van der Waals surface area contributed by atoms with Gasteiger partial charge in [0.05, 0.1) is 5.92 Å². The topological polar surface area (TPSA) is 61.9 Å². The highest BCUT2D eigenvalue weighted by Gasteiger charge is 2.40. The number of likely N-dealkylation sites (tertiary alicyclic amines) is 2. The Kier molecular flexibility index (Phi) is 5.85. The number of carbonyl (C=O) groups excluding carboxylic acids is 2. The van der Waals surface area contributed by atoms with Gasteiger partial charge < -0.3 is 19.9 Å². The minimum absolute atomic E-state index is 0.0315. The van der Waals surface area contributed by atoms with Crippen molar-refractivity contribution in [2.24, 2.45) is 11.3 Å². The SMILES string of the molecule is O=C(COc1ccccc1)N1CCCC(C(=O)N2CCC3(CCNC3)CC2)C1. The van der Waals surface area contributed by atoms with E-state index in [2.05, 4.69) is 5.32 Å². The quantitative estimate of drug-likeness (QED) is 0.860. The third-order valence-corrected chi connectivity index (χ3v) is 6.70. The summed E-state index contributed by atoms with van der Waals surface area (Å²) in [5, 5.41) is 3.47. The number of amides is 2. The van der Waals surface area contributed by atoms with Gasteiger partial charge in [0.2, 0.25) is 5.91 Å².